The van der Waals surface area contributed by atoms with Crippen molar-refractivity contribution in [2.75, 3.05) is 11.9 Å². The van der Waals surface area contributed by atoms with Gasteiger partial charge in [0.05, 0.1) is 16.2 Å². The van der Waals surface area contributed by atoms with E-state index in [-0.39, 0.29) is 10.9 Å². The van der Waals surface area contributed by atoms with E-state index in [2.05, 4.69) is 32.2 Å². The third kappa shape index (κ3) is 3.88. The fourth-order valence-corrected chi connectivity index (χ4v) is 2.52. The fraction of sp³-hybridized carbons (Fsp3) is 0.235. The lowest BCUT2D eigenvalue weighted by Crippen LogP contribution is -2.13. The molecule has 0 fully saturated rings. The maximum atomic E-state index is 13.3. The monoisotopic (exact) mass is 360 g/mol. The standard InChI is InChI=1S/C17H18ClFN6/c1-2-3-7-22-17-24-14-11(6-8-21-16(14)25-17)15(20)23-10-4-5-13(19)12(18)9-10/h4-6,8-9H,2-3,7H2,1H3,(H2,20,23)(H2,21,22,24,25). The SMILES string of the molecule is CCCCNc1nc2nccc(C(N)=Nc3ccc(F)c(Cl)c3)c2[nH]1. The molecule has 4 N–H and O–H groups in total. The highest BCUT2D eigenvalue weighted by atomic mass is 35.5. The predicted molar refractivity (Wildman–Crippen MR) is 99.1 cm³/mol. The number of aromatic amines is 1. The summed E-state index contributed by atoms with van der Waals surface area (Å²) in [6.45, 7) is 2.95. The predicted octanol–water partition coefficient (Wildman–Crippen LogP) is 4.00. The molecule has 0 aliphatic rings. The molecule has 3 aromatic rings. The Bertz CT molecular complexity index is 921. The summed E-state index contributed by atoms with van der Waals surface area (Å²) in [5.74, 6) is 0.404. The van der Waals surface area contributed by atoms with Gasteiger partial charge in [-0.1, -0.05) is 24.9 Å². The molecule has 3 rings (SSSR count). The normalized spacial score (nSPS) is 11.9. The molecule has 2 aromatic heterocycles. The molecule has 0 spiro atoms. The number of H-pyrrole nitrogens is 1. The summed E-state index contributed by atoms with van der Waals surface area (Å²) in [5.41, 5.74) is 8.50. The van der Waals surface area contributed by atoms with Crippen LogP contribution in [0.1, 0.15) is 25.3 Å². The third-order valence-electron chi connectivity index (χ3n) is 3.64. The molecule has 0 aliphatic heterocycles. The Morgan fingerprint density at radius 2 is 2.24 bits per heavy atom. The largest absolute Gasteiger partial charge is 0.383 e. The average molecular weight is 361 g/mol. The van der Waals surface area contributed by atoms with Crippen LogP contribution in [0.4, 0.5) is 16.0 Å². The molecule has 8 heteroatoms. The van der Waals surface area contributed by atoms with Crippen LogP contribution in [0.2, 0.25) is 5.02 Å². The van der Waals surface area contributed by atoms with E-state index in [1.165, 1.54) is 18.2 Å². The Morgan fingerprint density at radius 3 is 3.00 bits per heavy atom. The summed E-state index contributed by atoms with van der Waals surface area (Å²) in [6.07, 6.45) is 3.76. The number of pyridine rings is 1. The highest BCUT2D eigenvalue weighted by molar-refractivity contribution is 6.31. The van der Waals surface area contributed by atoms with Crippen LogP contribution in [0.25, 0.3) is 11.2 Å². The van der Waals surface area contributed by atoms with Gasteiger partial charge in [0.1, 0.15) is 11.7 Å². The average Bonchev–Trinajstić information content (AvgIpc) is 3.01. The zero-order valence-corrected chi connectivity index (χ0v) is 14.4. The number of hydrogen-bond donors (Lipinski definition) is 3. The summed E-state index contributed by atoms with van der Waals surface area (Å²) in [4.78, 5) is 16.1. The molecule has 0 aliphatic carbocycles. The van der Waals surface area contributed by atoms with Gasteiger partial charge in [0.15, 0.2) is 5.65 Å². The van der Waals surface area contributed by atoms with Crippen molar-refractivity contribution in [3.63, 3.8) is 0 Å². The number of nitrogens with one attached hydrogen (secondary N) is 2. The Morgan fingerprint density at radius 1 is 1.40 bits per heavy atom. The van der Waals surface area contributed by atoms with E-state index < -0.39 is 5.82 Å². The van der Waals surface area contributed by atoms with Gasteiger partial charge in [0.25, 0.3) is 0 Å². The number of amidine groups is 1. The van der Waals surface area contributed by atoms with Crippen molar-refractivity contribution in [2.24, 2.45) is 10.7 Å². The maximum absolute atomic E-state index is 13.3. The molecule has 6 nitrogen and oxygen atoms in total. The Balaban J connectivity index is 1.93. The van der Waals surface area contributed by atoms with E-state index >= 15 is 0 Å². The van der Waals surface area contributed by atoms with Crippen molar-refractivity contribution in [1.29, 1.82) is 0 Å². The smallest absolute Gasteiger partial charge is 0.202 e. The summed E-state index contributed by atoms with van der Waals surface area (Å²) in [7, 11) is 0. The van der Waals surface area contributed by atoms with Gasteiger partial charge in [0.2, 0.25) is 5.95 Å². The van der Waals surface area contributed by atoms with Crippen LogP contribution < -0.4 is 11.1 Å². The van der Waals surface area contributed by atoms with E-state index in [9.17, 15) is 4.39 Å². The number of nitrogens with two attached hydrogens (primary N) is 1. The number of rotatable bonds is 6. The third-order valence-corrected chi connectivity index (χ3v) is 3.93. The van der Waals surface area contributed by atoms with Crippen molar-refractivity contribution in [3.8, 4) is 0 Å². The number of aromatic nitrogens is 3. The number of anilines is 1. The number of hydrogen-bond acceptors (Lipinski definition) is 4. The lowest BCUT2D eigenvalue weighted by Gasteiger charge is -2.03. The van der Waals surface area contributed by atoms with Crippen LogP contribution in [-0.4, -0.2) is 27.3 Å². The number of imidazole rings is 1. The second kappa shape index (κ2) is 7.48. The Kier molecular flexibility index (Phi) is 5.14. The first kappa shape index (κ1) is 17.2. The Labute approximate surface area is 149 Å². The fourth-order valence-electron chi connectivity index (χ4n) is 2.35. The van der Waals surface area contributed by atoms with Crippen LogP contribution in [0, 0.1) is 5.82 Å². The van der Waals surface area contributed by atoms with Gasteiger partial charge >= 0.3 is 0 Å². The molecule has 0 radical (unpaired) electrons. The Hall–Kier alpha value is -2.67. The van der Waals surface area contributed by atoms with Crippen LogP contribution in [0.5, 0.6) is 0 Å². The van der Waals surface area contributed by atoms with E-state index in [4.69, 9.17) is 17.3 Å². The summed E-state index contributed by atoms with van der Waals surface area (Å²) >= 11 is 5.78. The van der Waals surface area contributed by atoms with Gasteiger partial charge < -0.3 is 16.0 Å². The van der Waals surface area contributed by atoms with Crippen molar-refractivity contribution in [2.45, 2.75) is 19.8 Å². The van der Waals surface area contributed by atoms with Crippen molar-refractivity contribution in [3.05, 3.63) is 46.9 Å². The first-order valence-electron chi connectivity index (χ1n) is 7.96. The van der Waals surface area contributed by atoms with E-state index in [1.807, 2.05) is 0 Å². The van der Waals surface area contributed by atoms with Gasteiger partial charge in [-0.3, -0.25) is 0 Å². The van der Waals surface area contributed by atoms with E-state index in [0.29, 0.717) is 28.4 Å². The van der Waals surface area contributed by atoms with Gasteiger partial charge in [-0.2, -0.15) is 4.98 Å². The highest BCUT2D eigenvalue weighted by Gasteiger charge is 2.11. The summed E-state index contributed by atoms with van der Waals surface area (Å²) in [5, 5.41) is 3.22. The molecule has 0 saturated carbocycles. The number of nitrogens with zero attached hydrogens (tertiary/aromatic N) is 3. The van der Waals surface area contributed by atoms with Gasteiger partial charge in [0, 0.05) is 18.3 Å². The zero-order valence-electron chi connectivity index (χ0n) is 13.7. The van der Waals surface area contributed by atoms with E-state index in [1.54, 1.807) is 12.3 Å². The van der Waals surface area contributed by atoms with Crippen LogP contribution in [0.15, 0.2) is 35.5 Å². The molecule has 0 saturated heterocycles. The van der Waals surface area contributed by atoms with Gasteiger partial charge in [-0.25, -0.2) is 14.4 Å². The second-order valence-corrected chi connectivity index (χ2v) is 5.93. The van der Waals surface area contributed by atoms with Crippen LogP contribution in [-0.2, 0) is 0 Å². The molecular weight excluding hydrogens is 343 g/mol. The number of fused-ring (bicyclic) bond motifs is 1. The maximum Gasteiger partial charge on any atom is 0.202 e. The van der Waals surface area contributed by atoms with Crippen molar-refractivity contribution in [1.82, 2.24) is 15.0 Å². The summed E-state index contributed by atoms with van der Waals surface area (Å²) in [6, 6.07) is 5.94. The lowest BCUT2D eigenvalue weighted by molar-refractivity contribution is 0.628. The van der Waals surface area contributed by atoms with Crippen molar-refractivity contribution < 1.29 is 4.39 Å². The second-order valence-electron chi connectivity index (χ2n) is 5.52. The molecule has 130 valence electrons. The zero-order chi connectivity index (χ0) is 17.8. The topological polar surface area (TPSA) is 92.0 Å². The van der Waals surface area contributed by atoms with Crippen LogP contribution in [0.3, 0.4) is 0 Å². The first-order chi connectivity index (χ1) is 12.1. The minimum Gasteiger partial charge on any atom is -0.383 e. The molecular formula is C17H18ClFN6. The van der Waals surface area contributed by atoms with Gasteiger partial charge in [-0.05, 0) is 30.7 Å². The summed E-state index contributed by atoms with van der Waals surface area (Å²) < 4.78 is 13.3. The quantitative estimate of drug-likeness (QED) is 0.352. The minimum absolute atomic E-state index is 0.00197. The molecule has 25 heavy (non-hydrogen) atoms. The van der Waals surface area contributed by atoms with E-state index in [0.717, 1.165) is 19.4 Å². The lowest BCUT2D eigenvalue weighted by atomic mass is 10.2. The molecule has 2 heterocycles. The molecule has 0 bridgehead atoms. The molecule has 0 unspecified atom stereocenters. The first-order valence-corrected chi connectivity index (χ1v) is 8.34. The molecule has 0 amide bonds. The van der Waals surface area contributed by atoms with Crippen molar-refractivity contribution >= 4 is 40.2 Å². The van der Waals surface area contributed by atoms with Crippen LogP contribution >= 0.6 is 11.6 Å². The molecule has 0 atom stereocenters. The highest BCUT2D eigenvalue weighted by Crippen LogP contribution is 2.23. The number of halogens is 2. The van der Waals surface area contributed by atoms with Gasteiger partial charge in [-0.15, -0.1) is 0 Å². The minimum atomic E-state index is -0.498. The number of unbranched alkanes of at least 4 members (excludes halogenated alkanes) is 1. The number of benzene rings is 1. The molecule has 1 aromatic carbocycles. The number of aliphatic imine (C=N–C) groups is 1.